The van der Waals surface area contributed by atoms with Crippen LogP contribution in [0.15, 0.2) is 11.1 Å². The maximum atomic E-state index is 11.8. The minimum atomic E-state index is -0.783. The number of aromatic nitrogens is 4. The first-order valence-corrected chi connectivity index (χ1v) is 6.73. The molecule has 2 aliphatic rings. The highest BCUT2D eigenvalue weighted by molar-refractivity contribution is 5.70. The Morgan fingerprint density at radius 1 is 1.57 bits per heavy atom. The number of hydrogen-bond acceptors (Lipinski definition) is 7. The van der Waals surface area contributed by atoms with E-state index in [0.717, 1.165) is 12.8 Å². The molecule has 0 radical (unpaired) electrons. The van der Waals surface area contributed by atoms with Crippen molar-refractivity contribution in [3.05, 3.63) is 16.7 Å². The second-order valence-corrected chi connectivity index (χ2v) is 5.65. The van der Waals surface area contributed by atoms with Crippen molar-refractivity contribution in [2.75, 3.05) is 12.3 Å². The molecule has 9 heteroatoms. The lowest BCUT2D eigenvalue weighted by Gasteiger charge is -2.18. The van der Waals surface area contributed by atoms with Crippen LogP contribution in [0.4, 0.5) is 5.95 Å². The lowest BCUT2D eigenvalue weighted by molar-refractivity contribution is -0.0495. The van der Waals surface area contributed by atoms with Gasteiger partial charge in [-0.1, -0.05) is 0 Å². The largest absolute Gasteiger partial charge is 0.394 e. The Morgan fingerprint density at radius 2 is 2.33 bits per heavy atom. The van der Waals surface area contributed by atoms with Gasteiger partial charge in [-0.3, -0.25) is 14.3 Å². The normalized spacial score (nSPS) is 30.3. The molecule has 4 rings (SSSR count). The summed E-state index contributed by atoms with van der Waals surface area (Å²) in [6, 6.07) is 0. The number of aromatic amines is 1. The average Bonchev–Trinajstić information content (AvgIpc) is 3.07. The van der Waals surface area contributed by atoms with Crippen LogP contribution < -0.4 is 11.3 Å². The Hall–Kier alpha value is -1.97. The van der Waals surface area contributed by atoms with E-state index in [1.165, 1.54) is 10.9 Å². The lowest BCUT2D eigenvalue weighted by atomic mass is 9.95. The van der Waals surface area contributed by atoms with Gasteiger partial charge >= 0.3 is 0 Å². The molecule has 0 amide bonds. The van der Waals surface area contributed by atoms with Crippen LogP contribution in [0.5, 0.6) is 0 Å². The Bertz CT molecular complexity index is 765. The summed E-state index contributed by atoms with van der Waals surface area (Å²) >= 11 is 0. The van der Waals surface area contributed by atoms with E-state index in [1.54, 1.807) is 0 Å². The van der Waals surface area contributed by atoms with E-state index in [9.17, 15) is 15.0 Å². The number of H-pyrrole nitrogens is 1. The number of hydrogen-bond donors (Lipinski definition) is 4. The Balaban J connectivity index is 1.83. The number of fused-ring (bicyclic) bond motifs is 1. The standard InChI is InChI=1S/C12H15N5O4/c13-11-15-8-6(9(20)16-11)14-4-17(8)10-7(19)12(1-2-12)5(3-18)21-10/h4-5,7,10,18-19H,1-3H2,(H3,13,15,16,20)/t5-,7+,10-/m1/s1. The summed E-state index contributed by atoms with van der Waals surface area (Å²) < 4.78 is 7.26. The van der Waals surface area contributed by atoms with Gasteiger partial charge in [-0.2, -0.15) is 4.98 Å². The van der Waals surface area contributed by atoms with E-state index in [-0.39, 0.29) is 23.7 Å². The van der Waals surface area contributed by atoms with Gasteiger partial charge in [0.05, 0.1) is 19.0 Å². The topological polar surface area (TPSA) is 139 Å². The highest BCUT2D eigenvalue weighted by Gasteiger charge is 2.63. The van der Waals surface area contributed by atoms with Gasteiger partial charge < -0.3 is 20.7 Å². The molecule has 1 aliphatic heterocycles. The van der Waals surface area contributed by atoms with Crippen LogP contribution in [-0.2, 0) is 4.74 Å². The minimum Gasteiger partial charge on any atom is -0.394 e. The molecule has 3 heterocycles. The first-order valence-electron chi connectivity index (χ1n) is 6.73. The van der Waals surface area contributed by atoms with Gasteiger partial charge in [0.15, 0.2) is 17.4 Å². The fourth-order valence-corrected chi connectivity index (χ4v) is 3.19. The van der Waals surface area contributed by atoms with Gasteiger partial charge in [-0.15, -0.1) is 0 Å². The second-order valence-electron chi connectivity index (χ2n) is 5.65. The number of nitrogens with two attached hydrogens (primary N) is 1. The number of imidazole rings is 1. The van der Waals surface area contributed by atoms with Gasteiger partial charge in [-0.25, -0.2) is 4.98 Å². The molecular weight excluding hydrogens is 278 g/mol. The summed E-state index contributed by atoms with van der Waals surface area (Å²) in [6.07, 6.45) is 1.07. The third-order valence-electron chi connectivity index (χ3n) is 4.52. The molecule has 1 aliphatic carbocycles. The molecule has 21 heavy (non-hydrogen) atoms. The van der Waals surface area contributed by atoms with Crippen molar-refractivity contribution in [2.45, 2.75) is 31.3 Å². The van der Waals surface area contributed by atoms with Gasteiger partial charge in [0.25, 0.3) is 5.56 Å². The molecule has 1 saturated heterocycles. The number of anilines is 1. The zero-order valence-electron chi connectivity index (χ0n) is 11.1. The number of aliphatic hydroxyl groups is 2. The highest BCUT2D eigenvalue weighted by atomic mass is 16.5. The van der Waals surface area contributed by atoms with Crippen LogP contribution in [0.3, 0.4) is 0 Å². The smallest absolute Gasteiger partial charge is 0.280 e. The molecule has 9 nitrogen and oxygen atoms in total. The molecule has 1 saturated carbocycles. The van der Waals surface area contributed by atoms with E-state index >= 15 is 0 Å². The number of rotatable bonds is 2. The van der Waals surface area contributed by atoms with E-state index in [4.69, 9.17) is 10.5 Å². The number of nitrogens with zero attached hydrogens (tertiary/aromatic N) is 3. The summed E-state index contributed by atoms with van der Waals surface area (Å²) in [5, 5.41) is 19.9. The molecule has 112 valence electrons. The minimum absolute atomic E-state index is 0.0263. The predicted molar refractivity (Wildman–Crippen MR) is 71.2 cm³/mol. The summed E-state index contributed by atoms with van der Waals surface area (Å²) in [5.74, 6) is -0.0263. The predicted octanol–water partition coefficient (Wildman–Crippen LogP) is -1.27. The van der Waals surface area contributed by atoms with Crippen molar-refractivity contribution in [1.82, 2.24) is 19.5 Å². The van der Waals surface area contributed by atoms with Gasteiger partial charge in [0.2, 0.25) is 5.95 Å². The Morgan fingerprint density at radius 3 is 2.95 bits per heavy atom. The van der Waals surface area contributed by atoms with E-state index in [0.29, 0.717) is 0 Å². The monoisotopic (exact) mass is 293 g/mol. The van der Waals surface area contributed by atoms with Crippen LogP contribution in [0, 0.1) is 5.41 Å². The quantitative estimate of drug-likeness (QED) is 0.541. The zero-order valence-corrected chi connectivity index (χ0v) is 11.1. The molecular formula is C12H15N5O4. The van der Waals surface area contributed by atoms with E-state index < -0.39 is 29.4 Å². The Kier molecular flexibility index (Phi) is 2.44. The first-order chi connectivity index (χ1) is 10.1. The number of aliphatic hydroxyl groups excluding tert-OH is 2. The highest BCUT2D eigenvalue weighted by Crippen LogP contribution is 2.60. The van der Waals surface area contributed by atoms with Crippen molar-refractivity contribution < 1.29 is 14.9 Å². The molecule has 2 aromatic heterocycles. The Labute approximate surface area is 118 Å². The van der Waals surface area contributed by atoms with Crippen LogP contribution in [0.1, 0.15) is 19.1 Å². The molecule has 3 atom stereocenters. The van der Waals surface area contributed by atoms with Crippen molar-refractivity contribution >= 4 is 17.1 Å². The summed E-state index contributed by atoms with van der Waals surface area (Å²) in [6.45, 7) is -0.156. The summed E-state index contributed by atoms with van der Waals surface area (Å²) in [5.41, 5.74) is 5.11. The number of ether oxygens (including phenoxy) is 1. The first kappa shape index (κ1) is 12.7. The maximum absolute atomic E-state index is 11.8. The fraction of sp³-hybridized carbons (Fsp3) is 0.583. The van der Waals surface area contributed by atoms with Crippen molar-refractivity contribution in [2.24, 2.45) is 5.41 Å². The van der Waals surface area contributed by atoms with E-state index in [1.807, 2.05) is 0 Å². The summed E-state index contributed by atoms with van der Waals surface area (Å²) in [4.78, 5) is 22.2. The SMILES string of the molecule is Nc1nc2c(ncn2[C@@H]2O[C@H](CO)C3(CC3)[C@H]2O)c(=O)[nH]1. The molecule has 1 spiro atoms. The zero-order chi connectivity index (χ0) is 14.8. The van der Waals surface area contributed by atoms with Crippen LogP contribution >= 0.6 is 0 Å². The summed E-state index contributed by atoms with van der Waals surface area (Å²) in [7, 11) is 0. The van der Waals surface area contributed by atoms with Crippen molar-refractivity contribution in [3.8, 4) is 0 Å². The maximum Gasteiger partial charge on any atom is 0.280 e. The molecule has 2 fully saturated rings. The number of nitrogens with one attached hydrogen (secondary N) is 1. The molecule has 0 bridgehead atoms. The van der Waals surface area contributed by atoms with E-state index in [2.05, 4.69) is 15.0 Å². The molecule has 0 aromatic carbocycles. The van der Waals surface area contributed by atoms with Crippen molar-refractivity contribution in [1.29, 1.82) is 0 Å². The van der Waals surface area contributed by atoms with Crippen LogP contribution in [0.25, 0.3) is 11.2 Å². The third kappa shape index (κ3) is 1.59. The second kappa shape index (κ2) is 4.03. The third-order valence-corrected chi connectivity index (χ3v) is 4.52. The number of nitrogen functional groups attached to an aromatic ring is 1. The fourth-order valence-electron chi connectivity index (χ4n) is 3.19. The lowest BCUT2D eigenvalue weighted by Crippen LogP contribution is -2.29. The molecule has 2 aromatic rings. The van der Waals surface area contributed by atoms with Crippen LogP contribution in [0.2, 0.25) is 0 Å². The van der Waals surface area contributed by atoms with Gasteiger partial charge in [-0.05, 0) is 12.8 Å². The molecule has 0 unspecified atom stereocenters. The average molecular weight is 293 g/mol. The molecule has 5 N–H and O–H groups in total. The van der Waals surface area contributed by atoms with Gasteiger partial charge in [0.1, 0.15) is 6.10 Å². The van der Waals surface area contributed by atoms with Crippen LogP contribution in [-0.4, -0.2) is 48.5 Å². The van der Waals surface area contributed by atoms with Gasteiger partial charge in [0, 0.05) is 5.41 Å². The van der Waals surface area contributed by atoms with Crippen molar-refractivity contribution in [3.63, 3.8) is 0 Å².